The van der Waals surface area contributed by atoms with Crippen LogP contribution in [0.3, 0.4) is 0 Å². The minimum atomic E-state index is 0.522. The van der Waals surface area contributed by atoms with Crippen LogP contribution in [-0.2, 0) is 11.2 Å². The fraction of sp³-hybridized carbons (Fsp3) is 0.812. The highest BCUT2D eigenvalue weighted by Gasteiger charge is 2.23. The number of aryl methyl sites for hydroxylation is 1. The Morgan fingerprint density at radius 1 is 0.636 bits per heavy atom. The second-order valence-corrected chi connectivity index (χ2v) is 11.4. The predicted octanol–water partition coefficient (Wildman–Crippen LogP) is 10.0. The lowest BCUT2D eigenvalue weighted by molar-refractivity contribution is 0.0204. The smallest absolute Gasteiger partial charge is 0.0575 e. The Morgan fingerprint density at radius 2 is 1.24 bits per heavy atom. The molecule has 0 spiro atoms. The molecule has 1 aromatic carbocycles. The van der Waals surface area contributed by atoms with E-state index in [1.165, 1.54) is 128 Å². The maximum atomic E-state index is 6.32. The Balaban J connectivity index is 1.19. The second-order valence-electron chi connectivity index (χ2n) is 11.4. The Bertz CT molecular complexity index is 589. The van der Waals surface area contributed by atoms with E-state index in [4.69, 9.17) is 4.74 Å². The lowest BCUT2D eigenvalue weighted by atomic mass is 9.78. The summed E-state index contributed by atoms with van der Waals surface area (Å²) in [7, 11) is 0. The van der Waals surface area contributed by atoms with E-state index in [2.05, 4.69) is 38.1 Å². The van der Waals surface area contributed by atoms with Gasteiger partial charge in [0.05, 0.1) is 6.10 Å². The molecule has 2 fully saturated rings. The summed E-state index contributed by atoms with van der Waals surface area (Å²) < 4.78 is 6.32. The number of unbranched alkanes of at least 4 members (excludes halogenated alkanes) is 5. The molecule has 0 heterocycles. The first kappa shape index (κ1) is 26.8. The third-order valence-electron chi connectivity index (χ3n) is 8.71. The standard InChI is InChI=1S/C32H54O/c1-3-5-6-7-8-9-12-28-14-16-29(17-15-28)13-10-26-33-32-24-22-31(23-25-32)30-20-18-27(11-4-2)19-21-30/h18-21,28-29,31-32H,3-17,22-26H2,1-2H3/t28-,29-,31-,32-. The molecule has 0 aromatic heterocycles. The molecule has 0 N–H and O–H groups in total. The average molecular weight is 455 g/mol. The van der Waals surface area contributed by atoms with Crippen molar-refractivity contribution in [3.63, 3.8) is 0 Å². The van der Waals surface area contributed by atoms with Crippen LogP contribution in [0.1, 0.15) is 146 Å². The quantitative estimate of drug-likeness (QED) is 0.239. The summed E-state index contributed by atoms with van der Waals surface area (Å²) >= 11 is 0. The summed E-state index contributed by atoms with van der Waals surface area (Å²) in [6.45, 7) is 5.57. The zero-order chi connectivity index (χ0) is 23.1. The van der Waals surface area contributed by atoms with E-state index in [0.717, 1.165) is 24.4 Å². The molecule has 188 valence electrons. The van der Waals surface area contributed by atoms with Gasteiger partial charge in [-0.05, 0) is 73.8 Å². The number of ether oxygens (including phenoxy) is 1. The minimum absolute atomic E-state index is 0.522. The molecular formula is C32H54O. The van der Waals surface area contributed by atoms with Crippen LogP contribution in [0.25, 0.3) is 0 Å². The molecule has 0 radical (unpaired) electrons. The van der Waals surface area contributed by atoms with E-state index in [1.807, 2.05) is 0 Å². The highest BCUT2D eigenvalue weighted by atomic mass is 16.5. The third kappa shape index (κ3) is 10.1. The van der Waals surface area contributed by atoms with Crippen molar-refractivity contribution in [1.29, 1.82) is 0 Å². The van der Waals surface area contributed by atoms with Crippen LogP contribution in [0.2, 0.25) is 0 Å². The van der Waals surface area contributed by atoms with Gasteiger partial charge in [-0.15, -0.1) is 0 Å². The van der Waals surface area contributed by atoms with Gasteiger partial charge < -0.3 is 4.74 Å². The Labute approximate surface area is 206 Å². The molecule has 0 aliphatic heterocycles. The molecule has 1 aromatic rings. The molecule has 33 heavy (non-hydrogen) atoms. The second kappa shape index (κ2) is 16.0. The zero-order valence-corrected chi connectivity index (χ0v) is 22.2. The number of rotatable bonds is 15. The molecule has 2 aliphatic rings. The van der Waals surface area contributed by atoms with Crippen LogP contribution >= 0.6 is 0 Å². The first-order valence-electron chi connectivity index (χ1n) is 15.0. The van der Waals surface area contributed by atoms with Gasteiger partial charge in [-0.3, -0.25) is 0 Å². The Morgan fingerprint density at radius 3 is 1.88 bits per heavy atom. The van der Waals surface area contributed by atoms with Crippen molar-refractivity contribution in [3.05, 3.63) is 35.4 Å². The van der Waals surface area contributed by atoms with Crippen LogP contribution < -0.4 is 0 Å². The van der Waals surface area contributed by atoms with Crippen LogP contribution in [0.5, 0.6) is 0 Å². The summed E-state index contributed by atoms with van der Waals surface area (Å²) in [6.07, 6.45) is 27.0. The first-order valence-corrected chi connectivity index (χ1v) is 15.0. The third-order valence-corrected chi connectivity index (χ3v) is 8.71. The molecule has 1 heteroatoms. The molecule has 2 aliphatic carbocycles. The van der Waals surface area contributed by atoms with Gasteiger partial charge in [-0.2, -0.15) is 0 Å². The van der Waals surface area contributed by atoms with Crippen molar-refractivity contribution in [1.82, 2.24) is 0 Å². The maximum Gasteiger partial charge on any atom is 0.0575 e. The summed E-state index contributed by atoms with van der Waals surface area (Å²) in [5.74, 6) is 2.79. The van der Waals surface area contributed by atoms with Crippen molar-refractivity contribution >= 4 is 0 Å². The van der Waals surface area contributed by atoms with E-state index >= 15 is 0 Å². The number of hydrogen-bond acceptors (Lipinski definition) is 1. The molecule has 0 saturated heterocycles. The largest absolute Gasteiger partial charge is 0.378 e. The van der Waals surface area contributed by atoms with Crippen molar-refractivity contribution in [2.45, 2.75) is 148 Å². The van der Waals surface area contributed by atoms with Gasteiger partial charge >= 0.3 is 0 Å². The molecule has 0 amide bonds. The van der Waals surface area contributed by atoms with Crippen molar-refractivity contribution < 1.29 is 4.74 Å². The maximum absolute atomic E-state index is 6.32. The molecule has 0 atom stereocenters. The average Bonchev–Trinajstić information content (AvgIpc) is 2.86. The fourth-order valence-corrected chi connectivity index (χ4v) is 6.45. The van der Waals surface area contributed by atoms with Gasteiger partial charge in [-0.25, -0.2) is 0 Å². The fourth-order valence-electron chi connectivity index (χ4n) is 6.45. The van der Waals surface area contributed by atoms with Gasteiger partial charge in [-0.1, -0.05) is 115 Å². The van der Waals surface area contributed by atoms with Crippen molar-refractivity contribution in [3.8, 4) is 0 Å². The van der Waals surface area contributed by atoms with E-state index in [9.17, 15) is 0 Å². The number of hydrogen-bond donors (Lipinski definition) is 0. The Kier molecular flexibility index (Phi) is 13.0. The summed E-state index contributed by atoms with van der Waals surface area (Å²) in [5, 5.41) is 0. The zero-order valence-electron chi connectivity index (χ0n) is 22.2. The van der Waals surface area contributed by atoms with Crippen molar-refractivity contribution in [2.75, 3.05) is 6.61 Å². The summed E-state index contributed by atoms with van der Waals surface area (Å²) in [4.78, 5) is 0. The highest BCUT2D eigenvalue weighted by molar-refractivity contribution is 5.26. The van der Waals surface area contributed by atoms with Crippen LogP contribution in [0.15, 0.2) is 24.3 Å². The molecule has 0 bridgehead atoms. The highest BCUT2D eigenvalue weighted by Crippen LogP contribution is 2.36. The monoisotopic (exact) mass is 454 g/mol. The first-order chi connectivity index (χ1) is 16.3. The minimum Gasteiger partial charge on any atom is -0.378 e. The SMILES string of the molecule is CCCCCCCC[C@H]1CC[C@H](CCCO[C@H]2CC[C@H](c3ccc(CCC)cc3)CC2)CC1. The molecule has 3 rings (SSSR count). The van der Waals surface area contributed by atoms with Gasteiger partial charge in [0.2, 0.25) is 0 Å². The van der Waals surface area contributed by atoms with Gasteiger partial charge in [0.1, 0.15) is 0 Å². The lowest BCUT2D eigenvalue weighted by Crippen LogP contribution is -2.21. The Hall–Kier alpha value is -0.820. The van der Waals surface area contributed by atoms with E-state index in [-0.39, 0.29) is 0 Å². The van der Waals surface area contributed by atoms with E-state index in [0.29, 0.717) is 6.10 Å². The number of benzene rings is 1. The van der Waals surface area contributed by atoms with Gasteiger partial charge in [0, 0.05) is 6.61 Å². The summed E-state index contributed by atoms with van der Waals surface area (Å²) in [6, 6.07) is 9.48. The van der Waals surface area contributed by atoms with E-state index in [1.54, 1.807) is 5.56 Å². The van der Waals surface area contributed by atoms with Crippen LogP contribution in [0, 0.1) is 11.8 Å². The molecular weight excluding hydrogens is 400 g/mol. The van der Waals surface area contributed by atoms with E-state index < -0.39 is 0 Å². The summed E-state index contributed by atoms with van der Waals surface area (Å²) in [5.41, 5.74) is 3.05. The van der Waals surface area contributed by atoms with Gasteiger partial charge in [0.15, 0.2) is 0 Å². The molecule has 1 nitrogen and oxygen atoms in total. The molecule has 2 saturated carbocycles. The predicted molar refractivity (Wildman–Crippen MR) is 144 cm³/mol. The normalized spacial score (nSPS) is 25.9. The van der Waals surface area contributed by atoms with Crippen LogP contribution in [0.4, 0.5) is 0 Å². The topological polar surface area (TPSA) is 9.23 Å². The molecule has 0 unspecified atom stereocenters. The van der Waals surface area contributed by atoms with Crippen LogP contribution in [-0.4, -0.2) is 12.7 Å². The van der Waals surface area contributed by atoms with Crippen molar-refractivity contribution in [2.24, 2.45) is 11.8 Å². The lowest BCUT2D eigenvalue weighted by Gasteiger charge is -2.30. The van der Waals surface area contributed by atoms with Gasteiger partial charge in [0.25, 0.3) is 0 Å².